The van der Waals surface area contributed by atoms with Crippen molar-refractivity contribution in [1.82, 2.24) is 4.90 Å². The molecule has 2 amide bonds. The molecule has 1 unspecified atom stereocenters. The maximum Gasteiger partial charge on any atom is 0.305 e. The lowest BCUT2D eigenvalue weighted by Gasteiger charge is -2.24. The molecule has 0 bridgehead atoms. The van der Waals surface area contributed by atoms with Crippen molar-refractivity contribution in [2.24, 2.45) is 0 Å². The van der Waals surface area contributed by atoms with Crippen LogP contribution in [0.25, 0.3) is 0 Å². The summed E-state index contributed by atoms with van der Waals surface area (Å²) >= 11 is 0. The van der Waals surface area contributed by atoms with E-state index in [1.165, 1.54) is 0 Å². The zero-order valence-electron chi connectivity index (χ0n) is 12.0. The molecule has 0 spiro atoms. The van der Waals surface area contributed by atoms with Crippen molar-refractivity contribution in [3.05, 3.63) is 35.4 Å². The molecule has 0 saturated heterocycles. The maximum atomic E-state index is 12.4. The maximum absolute atomic E-state index is 12.4. The van der Waals surface area contributed by atoms with E-state index in [4.69, 9.17) is 5.11 Å². The highest BCUT2D eigenvalue weighted by Crippen LogP contribution is 2.27. The number of imide groups is 1. The third kappa shape index (κ3) is 3.12. The summed E-state index contributed by atoms with van der Waals surface area (Å²) in [6.45, 7) is 2.05. The molecule has 0 aliphatic carbocycles. The van der Waals surface area contributed by atoms with Crippen molar-refractivity contribution < 1.29 is 19.5 Å². The second-order valence-corrected chi connectivity index (χ2v) is 5.27. The van der Waals surface area contributed by atoms with Gasteiger partial charge < -0.3 is 5.11 Å². The molecule has 21 heavy (non-hydrogen) atoms. The van der Waals surface area contributed by atoms with Crippen LogP contribution in [0.1, 0.15) is 59.7 Å². The molecular weight excluding hydrogens is 270 g/mol. The number of hydrogen-bond acceptors (Lipinski definition) is 3. The van der Waals surface area contributed by atoms with Gasteiger partial charge in [0.25, 0.3) is 11.8 Å². The van der Waals surface area contributed by atoms with Gasteiger partial charge in [0.1, 0.15) is 0 Å². The Morgan fingerprint density at radius 3 is 2.19 bits per heavy atom. The van der Waals surface area contributed by atoms with E-state index < -0.39 is 12.0 Å². The van der Waals surface area contributed by atoms with Gasteiger partial charge in [-0.3, -0.25) is 19.3 Å². The van der Waals surface area contributed by atoms with Crippen molar-refractivity contribution in [2.45, 2.75) is 45.1 Å². The Bertz CT molecular complexity index is 532. The molecule has 1 aliphatic heterocycles. The molecule has 1 heterocycles. The van der Waals surface area contributed by atoms with Gasteiger partial charge in [-0.2, -0.15) is 0 Å². The van der Waals surface area contributed by atoms with Crippen LogP contribution in [0.4, 0.5) is 0 Å². The minimum absolute atomic E-state index is 0.199. The number of carboxylic acid groups (broad SMARTS) is 1. The van der Waals surface area contributed by atoms with Crippen LogP contribution in [0.3, 0.4) is 0 Å². The van der Waals surface area contributed by atoms with Gasteiger partial charge >= 0.3 is 5.97 Å². The summed E-state index contributed by atoms with van der Waals surface area (Å²) in [4.78, 5) is 36.9. The fourth-order valence-corrected chi connectivity index (χ4v) is 2.69. The highest BCUT2D eigenvalue weighted by Gasteiger charge is 2.40. The number of hydrogen-bond donors (Lipinski definition) is 1. The van der Waals surface area contributed by atoms with E-state index in [2.05, 4.69) is 0 Å². The summed E-state index contributed by atoms with van der Waals surface area (Å²) in [5.74, 6) is -1.75. The van der Waals surface area contributed by atoms with Crippen LogP contribution >= 0.6 is 0 Å². The summed E-state index contributed by atoms with van der Waals surface area (Å²) in [5.41, 5.74) is 0.738. The number of carbonyl (C=O) groups excluding carboxylic acids is 2. The van der Waals surface area contributed by atoms with Gasteiger partial charge in [-0.05, 0) is 18.6 Å². The number of amides is 2. The second kappa shape index (κ2) is 6.52. The molecule has 0 fully saturated rings. The normalized spacial score (nSPS) is 15.2. The topological polar surface area (TPSA) is 74.7 Å². The number of unbranched alkanes of at least 4 members (excludes halogenated alkanes) is 2. The van der Waals surface area contributed by atoms with Gasteiger partial charge in [-0.1, -0.05) is 38.3 Å². The van der Waals surface area contributed by atoms with Gasteiger partial charge in [-0.25, -0.2) is 0 Å². The number of carbonyl (C=O) groups is 3. The lowest BCUT2D eigenvalue weighted by molar-refractivity contribution is -0.138. The van der Waals surface area contributed by atoms with E-state index >= 15 is 0 Å². The van der Waals surface area contributed by atoms with Crippen LogP contribution < -0.4 is 0 Å². The fraction of sp³-hybridized carbons (Fsp3) is 0.438. The van der Waals surface area contributed by atoms with E-state index in [0.717, 1.165) is 24.2 Å². The SMILES string of the molecule is CCCCCC(CC(=O)O)N1C(=O)c2ccccc2C1=O. The zero-order chi connectivity index (χ0) is 15.4. The fourth-order valence-electron chi connectivity index (χ4n) is 2.69. The Morgan fingerprint density at radius 1 is 1.14 bits per heavy atom. The number of nitrogens with zero attached hydrogens (tertiary/aromatic N) is 1. The predicted molar refractivity (Wildman–Crippen MR) is 77.1 cm³/mol. The number of benzene rings is 1. The van der Waals surface area contributed by atoms with E-state index in [1.54, 1.807) is 24.3 Å². The molecule has 1 aromatic carbocycles. The van der Waals surface area contributed by atoms with Crippen molar-refractivity contribution >= 4 is 17.8 Å². The smallest absolute Gasteiger partial charge is 0.305 e. The van der Waals surface area contributed by atoms with E-state index in [-0.39, 0.29) is 18.2 Å². The molecule has 1 atom stereocenters. The van der Waals surface area contributed by atoms with Crippen molar-refractivity contribution in [3.8, 4) is 0 Å². The standard InChI is InChI=1S/C16H19NO4/c1-2-3-4-7-11(10-14(18)19)17-15(20)12-8-5-6-9-13(12)16(17)21/h5-6,8-9,11H,2-4,7,10H2,1H3,(H,18,19). The summed E-state index contributed by atoms with van der Waals surface area (Å²) in [7, 11) is 0. The molecule has 1 aliphatic rings. The summed E-state index contributed by atoms with van der Waals surface area (Å²) in [6.07, 6.45) is 3.10. The Labute approximate surface area is 123 Å². The summed E-state index contributed by atoms with van der Waals surface area (Å²) in [6, 6.07) is 6.06. The minimum Gasteiger partial charge on any atom is -0.481 e. The molecule has 0 saturated carbocycles. The molecule has 112 valence electrons. The van der Waals surface area contributed by atoms with E-state index in [9.17, 15) is 14.4 Å². The van der Waals surface area contributed by atoms with Gasteiger partial charge in [0.05, 0.1) is 23.6 Å². The van der Waals surface area contributed by atoms with Gasteiger partial charge in [0, 0.05) is 0 Å². The van der Waals surface area contributed by atoms with Crippen LogP contribution in [0.15, 0.2) is 24.3 Å². The largest absolute Gasteiger partial charge is 0.481 e. The quantitative estimate of drug-likeness (QED) is 0.618. The summed E-state index contributed by atoms with van der Waals surface area (Å²) < 4.78 is 0. The first-order valence-electron chi connectivity index (χ1n) is 7.25. The van der Waals surface area contributed by atoms with Crippen molar-refractivity contribution in [2.75, 3.05) is 0 Å². The first-order chi connectivity index (χ1) is 10.1. The van der Waals surface area contributed by atoms with Crippen LogP contribution in [0, 0.1) is 0 Å². The van der Waals surface area contributed by atoms with Crippen LogP contribution in [0.2, 0.25) is 0 Å². The zero-order valence-corrected chi connectivity index (χ0v) is 12.0. The number of carboxylic acids is 1. The van der Waals surface area contributed by atoms with Gasteiger partial charge in [0.2, 0.25) is 0 Å². The molecule has 1 N–H and O–H groups in total. The average molecular weight is 289 g/mol. The molecule has 5 nitrogen and oxygen atoms in total. The molecule has 0 aromatic heterocycles. The van der Waals surface area contributed by atoms with Crippen molar-refractivity contribution in [1.29, 1.82) is 0 Å². The Balaban J connectivity index is 2.22. The summed E-state index contributed by atoms with van der Waals surface area (Å²) in [5, 5.41) is 9.04. The molecule has 0 radical (unpaired) electrons. The second-order valence-electron chi connectivity index (χ2n) is 5.27. The Morgan fingerprint density at radius 2 is 1.71 bits per heavy atom. The highest BCUT2D eigenvalue weighted by atomic mass is 16.4. The first-order valence-corrected chi connectivity index (χ1v) is 7.25. The van der Waals surface area contributed by atoms with Crippen molar-refractivity contribution in [3.63, 3.8) is 0 Å². The number of rotatable bonds is 7. The monoisotopic (exact) mass is 289 g/mol. The van der Waals surface area contributed by atoms with E-state index in [1.807, 2.05) is 6.92 Å². The molecular formula is C16H19NO4. The lowest BCUT2D eigenvalue weighted by Crippen LogP contribution is -2.41. The molecule has 5 heteroatoms. The number of aliphatic carboxylic acids is 1. The Hall–Kier alpha value is -2.17. The molecule has 2 rings (SSSR count). The van der Waals surface area contributed by atoms with Crippen LogP contribution in [-0.2, 0) is 4.79 Å². The third-order valence-electron chi connectivity index (χ3n) is 3.74. The molecule has 1 aromatic rings. The predicted octanol–water partition coefficient (Wildman–Crippen LogP) is 2.71. The lowest BCUT2D eigenvalue weighted by atomic mass is 10.0. The van der Waals surface area contributed by atoms with Gasteiger partial charge in [0.15, 0.2) is 0 Å². The highest BCUT2D eigenvalue weighted by molar-refractivity contribution is 6.21. The van der Waals surface area contributed by atoms with Crippen LogP contribution in [-0.4, -0.2) is 33.8 Å². The van der Waals surface area contributed by atoms with Gasteiger partial charge in [-0.15, -0.1) is 0 Å². The van der Waals surface area contributed by atoms with Crippen LogP contribution in [0.5, 0.6) is 0 Å². The number of fused-ring (bicyclic) bond motifs is 1. The minimum atomic E-state index is -0.993. The third-order valence-corrected chi connectivity index (χ3v) is 3.74. The Kier molecular flexibility index (Phi) is 4.73. The van der Waals surface area contributed by atoms with E-state index in [0.29, 0.717) is 17.5 Å². The average Bonchev–Trinajstić information content (AvgIpc) is 2.70. The first kappa shape index (κ1) is 15.2.